The van der Waals surface area contributed by atoms with Crippen molar-refractivity contribution in [2.75, 3.05) is 12.4 Å². The van der Waals surface area contributed by atoms with Gasteiger partial charge in [0.15, 0.2) is 0 Å². The molecule has 0 bridgehead atoms. The number of carbonyl (C=O) groups is 1. The Bertz CT molecular complexity index is 1100. The number of para-hydroxylation sites is 1. The van der Waals surface area contributed by atoms with Gasteiger partial charge in [-0.2, -0.15) is 0 Å². The zero-order valence-electron chi connectivity index (χ0n) is 17.1. The highest BCUT2D eigenvalue weighted by molar-refractivity contribution is 5.90. The van der Waals surface area contributed by atoms with Crippen molar-refractivity contribution in [3.8, 4) is 5.69 Å². The summed E-state index contributed by atoms with van der Waals surface area (Å²) < 4.78 is 3.34. The molecule has 4 rings (SSSR count). The summed E-state index contributed by atoms with van der Waals surface area (Å²) in [6.07, 6.45) is 3.01. The second kappa shape index (κ2) is 7.62. The average Bonchev–Trinajstić information content (AvgIpc) is 2.96. The number of fused-ring (bicyclic) bond motifs is 1. The Labute approximate surface area is 170 Å². The van der Waals surface area contributed by atoms with Gasteiger partial charge < -0.3 is 10.2 Å². The molecule has 0 unspecified atom stereocenters. The lowest BCUT2D eigenvalue weighted by atomic mass is 9.87. The van der Waals surface area contributed by atoms with Gasteiger partial charge in [-0.3, -0.25) is 9.48 Å². The van der Waals surface area contributed by atoms with Crippen molar-refractivity contribution in [1.29, 1.82) is 0 Å². The first kappa shape index (κ1) is 19.1. The molecule has 0 fully saturated rings. The Hall–Kier alpha value is -3.28. The number of hydrogen-bond acceptors (Lipinski definition) is 2. The molecule has 0 spiro atoms. The van der Waals surface area contributed by atoms with Crippen molar-refractivity contribution in [3.05, 3.63) is 81.8 Å². The van der Waals surface area contributed by atoms with E-state index in [0.717, 1.165) is 24.9 Å². The fraction of sp³-hybridized carbons (Fsp3) is 0.304. The summed E-state index contributed by atoms with van der Waals surface area (Å²) in [4.78, 5) is 27.8. The summed E-state index contributed by atoms with van der Waals surface area (Å²) in [6, 6.07) is 17.5. The van der Waals surface area contributed by atoms with Crippen molar-refractivity contribution in [1.82, 2.24) is 14.3 Å². The Morgan fingerprint density at radius 3 is 2.55 bits per heavy atom. The molecule has 1 aliphatic carbocycles. The van der Waals surface area contributed by atoms with Crippen LogP contribution in [-0.2, 0) is 13.5 Å². The fourth-order valence-electron chi connectivity index (χ4n) is 4.18. The van der Waals surface area contributed by atoms with E-state index in [2.05, 4.69) is 17.4 Å². The van der Waals surface area contributed by atoms with Gasteiger partial charge in [0.25, 0.3) is 5.56 Å². The minimum atomic E-state index is -0.266. The SMILES string of the molecule is Cc1c(NC(=O)N(C)[C@@H]2CCCc3ccccc32)c(=O)n(-c2ccccc2)n1C. The molecule has 6 nitrogen and oxygen atoms in total. The number of carbonyl (C=O) groups excluding carboxylic acids is 1. The number of nitrogens with zero attached hydrogens (tertiary/aromatic N) is 3. The van der Waals surface area contributed by atoms with Crippen molar-refractivity contribution in [3.63, 3.8) is 0 Å². The van der Waals surface area contributed by atoms with Crippen LogP contribution in [0.5, 0.6) is 0 Å². The highest BCUT2D eigenvalue weighted by Gasteiger charge is 2.28. The van der Waals surface area contributed by atoms with E-state index in [-0.39, 0.29) is 17.6 Å². The van der Waals surface area contributed by atoms with E-state index in [9.17, 15) is 9.59 Å². The van der Waals surface area contributed by atoms with E-state index < -0.39 is 0 Å². The number of aromatic nitrogens is 2. The van der Waals surface area contributed by atoms with Crippen LogP contribution in [0, 0.1) is 6.92 Å². The molecule has 150 valence electrons. The first-order valence-corrected chi connectivity index (χ1v) is 9.94. The molecule has 29 heavy (non-hydrogen) atoms. The third-order valence-electron chi connectivity index (χ3n) is 5.91. The maximum absolute atomic E-state index is 13.1. The van der Waals surface area contributed by atoms with Gasteiger partial charge in [-0.15, -0.1) is 0 Å². The molecular weight excluding hydrogens is 364 g/mol. The molecular formula is C23H26N4O2. The molecule has 0 saturated heterocycles. The molecule has 0 radical (unpaired) electrons. The van der Waals surface area contributed by atoms with E-state index in [4.69, 9.17) is 0 Å². The molecule has 6 heteroatoms. The number of amides is 2. The lowest BCUT2D eigenvalue weighted by Crippen LogP contribution is -2.37. The normalized spacial score (nSPS) is 15.6. The van der Waals surface area contributed by atoms with E-state index in [0.29, 0.717) is 11.4 Å². The highest BCUT2D eigenvalue weighted by Crippen LogP contribution is 2.33. The summed E-state index contributed by atoms with van der Waals surface area (Å²) in [7, 11) is 3.62. The number of urea groups is 1. The molecule has 2 aromatic carbocycles. The van der Waals surface area contributed by atoms with Crippen LogP contribution in [-0.4, -0.2) is 27.3 Å². The van der Waals surface area contributed by atoms with Crippen molar-refractivity contribution < 1.29 is 4.79 Å². The van der Waals surface area contributed by atoms with Crippen LogP contribution >= 0.6 is 0 Å². The second-order valence-corrected chi connectivity index (χ2v) is 7.58. The average molecular weight is 390 g/mol. The predicted molar refractivity (Wildman–Crippen MR) is 115 cm³/mol. The summed E-state index contributed by atoms with van der Waals surface area (Å²) in [5.74, 6) is 0. The quantitative estimate of drug-likeness (QED) is 0.734. The third-order valence-corrected chi connectivity index (χ3v) is 5.91. The number of aryl methyl sites for hydroxylation is 1. The van der Waals surface area contributed by atoms with Gasteiger partial charge in [-0.1, -0.05) is 42.5 Å². The summed E-state index contributed by atoms with van der Waals surface area (Å²) in [6.45, 7) is 1.84. The number of hydrogen-bond donors (Lipinski definition) is 1. The van der Waals surface area contributed by atoms with E-state index in [1.54, 1.807) is 21.3 Å². The van der Waals surface area contributed by atoms with Gasteiger partial charge in [-0.25, -0.2) is 9.48 Å². The molecule has 1 heterocycles. The monoisotopic (exact) mass is 390 g/mol. The van der Waals surface area contributed by atoms with Crippen LogP contribution in [0.4, 0.5) is 10.5 Å². The number of anilines is 1. The summed E-state index contributed by atoms with van der Waals surface area (Å²) >= 11 is 0. The largest absolute Gasteiger partial charge is 0.322 e. The van der Waals surface area contributed by atoms with Crippen molar-refractivity contribution in [2.45, 2.75) is 32.2 Å². The van der Waals surface area contributed by atoms with Gasteiger partial charge in [0.2, 0.25) is 0 Å². The third kappa shape index (κ3) is 3.35. The molecule has 0 aliphatic heterocycles. The van der Waals surface area contributed by atoms with E-state index in [1.165, 1.54) is 11.1 Å². The van der Waals surface area contributed by atoms with Crippen molar-refractivity contribution in [2.24, 2.45) is 7.05 Å². The molecule has 1 aliphatic rings. The number of benzene rings is 2. The standard InChI is InChI=1S/C23H26N4O2/c1-16-21(22(28)27(26(16)3)18-12-5-4-6-13-18)24-23(29)25(2)20-15-9-11-17-10-7-8-14-19(17)20/h4-8,10,12-14,20H,9,11,15H2,1-3H3,(H,24,29)/t20-/m1/s1. The Morgan fingerprint density at radius 2 is 1.79 bits per heavy atom. The lowest BCUT2D eigenvalue weighted by Gasteiger charge is -2.33. The van der Waals surface area contributed by atoms with E-state index in [1.807, 2.05) is 56.4 Å². The summed E-state index contributed by atoms with van der Waals surface area (Å²) in [5, 5.41) is 2.87. The fourth-order valence-corrected chi connectivity index (χ4v) is 4.18. The minimum Gasteiger partial charge on any atom is -0.321 e. The number of nitrogens with one attached hydrogen (secondary N) is 1. The first-order chi connectivity index (χ1) is 14.0. The Kier molecular flexibility index (Phi) is 5.01. The van der Waals surface area contributed by atoms with Gasteiger partial charge in [0, 0.05) is 14.1 Å². The zero-order valence-corrected chi connectivity index (χ0v) is 17.1. The maximum Gasteiger partial charge on any atom is 0.322 e. The minimum absolute atomic E-state index is 0.0142. The summed E-state index contributed by atoms with van der Waals surface area (Å²) in [5.41, 5.74) is 4.05. The molecule has 1 atom stereocenters. The van der Waals surface area contributed by atoms with Crippen LogP contribution < -0.4 is 10.9 Å². The zero-order chi connectivity index (χ0) is 20.5. The van der Waals surface area contributed by atoms with E-state index >= 15 is 0 Å². The molecule has 3 aromatic rings. The van der Waals surface area contributed by atoms with Gasteiger partial charge in [0.05, 0.1) is 17.4 Å². The molecule has 2 amide bonds. The number of rotatable bonds is 3. The lowest BCUT2D eigenvalue weighted by molar-refractivity contribution is 0.197. The van der Waals surface area contributed by atoms with Gasteiger partial charge in [-0.05, 0) is 49.4 Å². The smallest absolute Gasteiger partial charge is 0.321 e. The second-order valence-electron chi connectivity index (χ2n) is 7.58. The molecule has 1 aromatic heterocycles. The first-order valence-electron chi connectivity index (χ1n) is 9.94. The van der Waals surface area contributed by atoms with Gasteiger partial charge >= 0.3 is 6.03 Å². The van der Waals surface area contributed by atoms with Crippen LogP contribution in [0.2, 0.25) is 0 Å². The Morgan fingerprint density at radius 1 is 1.10 bits per heavy atom. The Balaban J connectivity index is 1.62. The topological polar surface area (TPSA) is 59.3 Å². The molecule has 0 saturated carbocycles. The van der Waals surface area contributed by atoms with Crippen LogP contribution in [0.3, 0.4) is 0 Å². The maximum atomic E-state index is 13.1. The van der Waals surface area contributed by atoms with Crippen LogP contribution in [0.15, 0.2) is 59.4 Å². The predicted octanol–water partition coefficient (Wildman–Crippen LogP) is 4.03. The van der Waals surface area contributed by atoms with Crippen LogP contribution in [0.1, 0.15) is 35.7 Å². The van der Waals surface area contributed by atoms with Crippen LogP contribution in [0.25, 0.3) is 5.69 Å². The molecule has 1 N–H and O–H groups in total. The van der Waals surface area contributed by atoms with Gasteiger partial charge in [0.1, 0.15) is 5.69 Å². The highest BCUT2D eigenvalue weighted by atomic mass is 16.2. The van der Waals surface area contributed by atoms with Crippen molar-refractivity contribution >= 4 is 11.7 Å².